The highest BCUT2D eigenvalue weighted by Gasteiger charge is 2.21. The van der Waals surface area contributed by atoms with Crippen molar-refractivity contribution in [3.8, 4) is 0 Å². The summed E-state index contributed by atoms with van der Waals surface area (Å²) in [4.78, 5) is 11.6. The highest BCUT2D eigenvalue weighted by atomic mass is 16.5. The van der Waals surface area contributed by atoms with Crippen molar-refractivity contribution in [2.24, 2.45) is 5.73 Å². The first kappa shape index (κ1) is 14.0. The molecule has 2 atom stereocenters. The number of carbonyl (C=O) groups is 1. The van der Waals surface area contributed by atoms with Gasteiger partial charge >= 0.3 is 0 Å². The number of hydrogen-bond donors (Lipinski definition) is 2. The molecule has 0 bridgehead atoms. The van der Waals surface area contributed by atoms with Gasteiger partial charge in [0.1, 0.15) is 6.04 Å². The maximum atomic E-state index is 11.6. The van der Waals surface area contributed by atoms with Gasteiger partial charge in [0, 0.05) is 13.2 Å². The molecule has 2 unspecified atom stereocenters. The summed E-state index contributed by atoms with van der Waals surface area (Å²) in [5, 5.41) is 3.23. The van der Waals surface area contributed by atoms with Crippen molar-refractivity contribution in [3.63, 3.8) is 0 Å². The van der Waals surface area contributed by atoms with Gasteiger partial charge in [-0.2, -0.15) is 0 Å². The zero-order chi connectivity index (χ0) is 13.8. The van der Waals surface area contributed by atoms with Gasteiger partial charge in [0.2, 0.25) is 5.91 Å². The quantitative estimate of drug-likeness (QED) is 0.847. The molecule has 0 aromatic heterocycles. The largest absolute Gasteiger partial charge is 0.377 e. The molecule has 1 aromatic rings. The molecule has 1 saturated heterocycles. The fraction of sp³-hybridized carbons (Fsp3) is 0.533. The average Bonchev–Trinajstić information content (AvgIpc) is 2.80. The Kier molecular flexibility index (Phi) is 4.56. The van der Waals surface area contributed by atoms with E-state index in [1.807, 2.05) is 26.0 Å². The van der Waals surface area contributed by atoms with Crippen molar-refractivity contribution >= 4 is 5.91 Å². The van der Waals surface area contributed by atoms with Crippen LogP contribution in [0.4, 0.5) is 0 Å². The van der Waals surface area contributed by atoms with Crippen LogP contribution in [0.1, 0.15) is 35.6 Å². The van der Waals surface area contributed by atoms with Crippen LogP contribution in [0.5, 0.6) is 0 Å². The first-order chi connectivity index (χ1) is 9.06. The predicted molar refractivity (Wildman–Crippen MR) is 74.8 cm³/mol. The summed E-state index contributed by atoms with van der Waals surface area (Å²) < 4.78 is 5.55. The molecule has 19 heavy (non-hydrogen) atoms. The summed E-state index contributed by atoms with van der Waals surface area (Å²) in [6.07, 6.45) is 2.34. The van der Waals surface area contributed by atoms with E-state index in [1.54, 1.807) is 0 Å². The number of rotatable bonds is 5. The van der Waals surface area contributed by atoms with Crippen LogP contribution in [0, 0.1) is 13.8 Å². The molecule has 1 fully saturated rings. The molecule has 0 spiro atoms. The first-order valence-corrected chi connectivity index (χ1v) is 6.79. The highest BCUT2D eigenvalue weighted by Crippen LogP contribution is 2.18. The topological polar surface area (TPSA) is 64.3 Å². The van der Waals surface area contributed by atoms with E-state index in [1.165, 1.54) is 0 Å². The van der Waals surface area contributed by atoms with Crippen LogP contribution in [0.2, 0.25) is 0 Å². The monoisotopic (exact) mass is 262 g/mol. The van der Waals surface area contributed by atoms with E-state index in [4.69, 9.17) is 10.5 Å². The number of ether oxygens (including phenoxy) is 1. The standard InChI is InChI=1S/C15H22N2O2/c1-10-6-11(2)8-12(7-10)14(15(16)18)17-9-13-4-3-5-19-13/h6-8,13-14,17H,3-5,9H2,1-2H3,(H2,16,18). The maximum Gasteiger partial charge on any atom is 0.239 e. The summed E-state index contributed by atoms with van der Waals surface area (Å²) in [7, 11) is 0. The Hall–Kier alpha value is -1.39. The number of amides is 1. The first-order valence-electron chi connectivity index (χ1n) is 6.79. The van der Waals surface area contributed by atoms with Crippen molar-refractivity contribution in [1.82, 2.24) is 5.32 Å². The number of benzene rings is 1. The average molecular weight is 262 g/mol. The molecule has 1 aliphatic rings. The zero-order valence-corrected chi connectivity index (χ0v) is 11.6. The third-order valence-electron chi connectivity index (χ3n) is 3.44. The van der Waals surface area contributed by atoms with E-state index >= 15 is 0 Å². The molecule has 0 radical (unpaired) electrons. The summed E-state index contributed by atoms with van der Waals surface area (Å²) in [6, 6.07) is 5.65. The zero-order valence-electron chi connectivity index (χ0n) is 11.6. The van der Waals surface area contributed by atoms with Crippen molar-refractivity contribution in [3.05, 3.63) is 34.9 Å². The van der Waals surface area contributed by atoms with Crippen LogP contribution in [0.25, 0.3) is 0 Å². The van der Waals surface area contributed by atoms with Gasteiger partial charge in [-0.3, -0.25) is 10.1 Å². The number of nitrogens with two attached hydrogens (primary N) is 1. The van der Waals surface area contributed by atoms with Crippen LogP contribution in [-0.2, 0) is 9.53 Å². The Morgan fingerprint density at radius 2 is 2.11 bits per heavy atom. The van der Waals surface area contributed by atoms with E-state index in [0.717, 1.165) is 36.1 Å². The lowest BCUT2D eigenvalue weighted by Gasteiger charge is -2.19. The summed E-state index contributed by atoms with van der Waals surface area (Å²) in [5.74, 6) is -0.344. The molecule has 3 N–H and O–H groups in total. The van der Waals surface area contributed by atoms with E-state index in [9.17, 15) is 4.79 Å². The smallest absolute Gasteiger partial charge is 0.239 e. The van der Waals surface area contributed by atoms with Crippen molar-refractivity contribution < 1.29 is 9.53 Å². The molecule has 1 amide bonds. The summed E-state index contributed by atoms with van der Waals surface area (Å²) in [5.41, 5.74) is 8.72. The third-order valence-corrected chi connectivity index (χ3v) is 3.44. The van der Waals surface area contributed by atoms with E-state index in [-0.39, 0.29) is 12.0 Å². The summed E-state index contributed by atoms with van der Waals surface area (Å²) >= 11 is 0. The van der Waals surface area contributed by atoms with Crippen LogP contribution in [0.15, 0.2) is 18.2 Å². The SMILES string of the molecule is Cc1cc(C)cc(C(NCC2CCCO2)C(N)=O)c1. The maximum absolute atomic E-state index is 11.6. The minimum Gasteiger partial charge on any atom is -0.377 e. The number of carbonyl (C=O) groups excluding carboxylic acids is 1. The van der Waals surface area contributed by atoms with Crippen molar-refractivity contribution in [2.75, 3.05) is 13.2 Å². The number of aryl methyl sites for hydroxylation is 2. The molecule has 2 rings (SSSR count). The lowest BCUT2D eigenvalue weighted by molar-refractivity contribution is -0.120. The number of primary amides is 1. The Labute approximate surface area is 114 Å². The van der Waals surface area contributed by atoms with Gasteiger partial charge in [0.15, 0.2) is 0 Å². The predicted octanol–water partition coefficient (Wildman–Crippen LogP) is 1.60. The fourth-order valence-corrected chi connectivity index (χ4v) is 2.61. The molecular weight excluding hydrogens is 240 g/mol. The van der Waals surface area contributed by atoms with Gasteiger partial charge in [-0.1, -0.05) is 29.3 Å². The van der Waals surface area contributed by atoms with Gasteiger partial charge in [-0.25, -0.2) is 0 Å². The van der Waals surface area contributed by atoms with Crippen LogP contribution in [0.3, 0.4) is 0 Å². The van der Waals surface area contributed by atoms with E-state index in [0.29, 0.717) is 6.54 Å². The Bertz CT molecular complexity index is 433. The van der Waals surface area contributed by atoms with Crippen molar-refractivity contribution in [2.45, 2.75) is 38.8 Å². The molecule has 0 aliphatic carbocycles. The Morgan fingerprint density at radius 1 is 1.42 bits per heavy atom. The van der Waals surface area contributed by atoms with Gasteiger partial charge in [0.25, 0.3) is 0 Å². The molecule has 4 nitrogen and oxygen atoms in total. The molecule has 1 heterocycles. The minimum atomic E-state index is -0.442. The molecular formula is C15H22N2O2. The summed E-state index contributed by atoms with van der Waals surface area (Å²) in [6.45, 7) is 5.53. The molecule has 1 aromatic carbocycles. The second-order valence-corrected chi connectivity index (χ2v) is 5.30. The molecule has 0 saturated carbocycles. The van der Waals surface area contributed by atoms with Gasteiger partial charge in [-0.05, 0) is 32.3 Å². The van der Waals surface area contributed by atoms with Gasteiger partial charge < -0.3 is 10.5 Å². The third kappa shape index (κ3) is 3.78. The Balaban J connectivity index is 2.07. The Morgan fingerprint density at radius 3 is 2.63 bits per heavy atom. The molecule has 1 aliphatic heterocycles. The number of nitrogens with one attached hydrogen (secondary N) is 1. The van der Waals surface area contributed by atoms with Crippen LogP contribution in [-0.4, -0.2) is 25.2 Å². The second kappa shape index (κ2) is 6.17. The highest BCUT2D eigenvalue weighted by molar-refractivity contribution is 5.81. The van der Waals surface area contributed by atoms with E-state index in [2.05, 4.69) is 11.4 Å². The fourth-order valence-electron chi connectivity index (χ4n) is 2.61. The van der Waals surface area contributed by atoms with Crippen LogP contribution < -0.4 is 11.1 Å². The minimum absolute atomic E-state index is 0.202. The normalized spacial score (nSPS) is 20.4. The van der Waals surface area contributed by atoms with E-state index < -0.39 is 6.04 Å². The number of hydrogen-bond acceptors (Lipinski definition) is 3. The van der Waals surface area contributed by atoms with Gasteiger partial charge in [0.05, 0.1) is 6.10 Å². The second-order valence-electron chi connectivity index (χ2n) is 5.30. The molecule has 104 valence electrons. The lowest BCUT2D eigenvalue weighted by atomic mass is 10.0. The van der Waals surface area contributed by atoms with Crippen molar-refractivity contribution in [1.29, 1.82) is 0 Å². The molecule has 4 heteroatoms. The lowest BCUT2D eigenvalue weighted by Crippen LogP contribution is -2.37. The van der Waals surface area contributed by atoms with Gasteiger partial charge in [-0.15, -0.1) is 0 Å². The van der Waals surface area contributed by atoms with Crippen LogP contribution >= 0.6 is 0 Å².